The fourth-order valence-corrected chi connectivity index (χ4v) is 2.27. The summed E-state index contributed by atoms with van der Waals surface area (Å²) in [6, 6.07) is 6.05. The molecule has 8 heteroatoms. The molecule has 0 aliphatic carbocycles. The second-order valence-electron chi connectivity index (χ2n) is 5.19. The lowest BCUT2D eigenvalue weighted by molar-refractivity contribution is -0.124. The van der Waals surface area contributed by atoms with Crippen molar-refractivity contribution in [2.75, 3.05) is 6.61 Å². The number of phenolic OH excluding ortho intramolecular Hbond substituents is 1. The third-order valence-corrected chi connectivity index (χ3v) is 3.55. The van der Waals surface area contributed by atoms with Gasteiger partial charge in [-0.3, -0.25) is 4.79 Å². The number of aromatic hydroxyl groups is 1. The Hall–Kier alpha value is -2.67. The van der Waals surface area contributed by atoms with Crippen molar-refractivity contribution in [1.82, 2.24) is 5.32 Å². The van der Waals surface area contributed by atoms with E-state index in [4.69, 9.17) is 16.3 Å². The Labute approximate surface area is 147 Å². The maximum Gasteiger partial charge on any atom is 0.342 e. The van der Waals surface area contributed by atoms with Gasteiger partial charge in [0.25, 0.3) is 5.91 Å². The first-order chi connectivity index (χ1) is 11.8. The Morgan fingerprint density at radius 2 is 1.96 bits per heavy atom. The van der Waals surface area contributed by atoms with E-state index in [1.54, 1.807) is 0 Å². The second kappa shape index (κ2) is 7.94. The lowest BCUT2D eigenvalue weighted by Crippen LogP contribution is -2.31. The van der Waals surface area contributed by atoms with E-state index in [1.807, 2.05) is 0 Å². The predicted octanol–water partition coefficient (Wildman–Crippen LogP) is 3.36. The molecule has 0 aromatic heterocycles. The minimum atomic E-state index is -0.934. The number of hydrogen-bond donors (Lipinski definition) is 2. The summed E-state index contributed by atoms with van der Waals surface area (Å²) in [7, 11) is 0. The van der Waals surface area contributed by atoms with Crippen LogP contribution in [0.3, 0.4) is 0 Å². The van der Waals surface area contributed by atoms with Gasteiger partial charge in [0.05, 0.1) is 6.04 Å². The van der Waals surface area contributed by atoms with E-state index in [1.165, 1.54) is 31.2 Å². The number of carbonyl (C=O) groups is 2. The van der Waals surface area contributed by atoms with Gasteiger partial charge in [-0.2, -0.15) is 0 Å². The maximum atomic E-state index is 13.7. The number of benzene rings is 2. The molecule has 0 bridgehead atoms. The molecule has 0 unspecified atom stereocenters. The number of hydrogen-bond acceptors (Lipinski definition) is 4. The molecule has 1 amide bonds. The summed E-state index contributed by atoms with van der Waals surface area (Å²) in [6.07, 6.45) is 0. The third kappa shape index (κ3) is 4.90. The molecule has 2 N–H and O–H groups in total. The van der Waals surface area contributed by atoms with Gasteiger partial charge in [-0.1, -0.05) is 17.7 Å². The first kappa shape index (κ1) is 18.7. The van der Waals surface area contributed by atoms with Gasteiger partial charge in [-0.15, -0.1) is 0 Å². The molecule has 2 aromatic carbocycles. The first-order valence-electron chi connectivity index (χ1n) is 7.18. The van der Waals surface area contributed by atoms with E-state index in [2.05, 4.69) is 5.32 Å². The van der Waals surface area contributed by atoms with Crippen molar-refractivity contribution in [3.05, 3.63) is 64.2 Å². The smallest absolute Gasteiger partial charge is 0.342 e. The largest absolute Gasteiger partial charge is 0.507 e. The predicted molar refractivity (Wildman–Crippen MR) is 86.3 cm³/mol. The van der Waals surface area contributed by atoms with Crippen LogP contribution >= 0.6 is 11.6 Å². The standard InChI is InChI=1S/C17H14ClF2NO4/c1-9(12-4-3-11(19)7-14(12)20)21-16(23)8-25-17(24)13-6-10(18)2-5-15(13)22/h2-7,9,22H,8H2,1H3,(H,21,23)/t9-/m0/s1. The van der Waals surface area contributed by atoms with Crippen molar-refractivity contribution in [1.29, 1.82) is 0 Å². The molecule has 2 rings (SSSR count). The van der Waals surface area contributed by atoms with Crippen molar-refractivity contribution in [2.45, 2.75) is 13.0 Å². The lowest BCUT2D eigenvalue weighted by Gasteiger charge is -2.15. The van der Waals surface area contributed by atoms with E-state index in [9.17, 15) is 23.5 Å². The first-order valence-corrected chi connectivity index (χ1v) is 7.55. The molecule has 1 atom stereocenters. The van der Waals surface area contributed by atoms with E-state index < -0.39 is 36.2 Å². The summed E-state index contributed by atoms with van der Waals surface area (Å²) in [5.74, 6) is -3.48. The minimum absolute atomic E-state index is 0.0913. The Bertz CT molecular complexity index is 813. The number of nitrogens with one attached hydrogen (secondary N) is 1. The van der Waals surface area contributed by atoms with Gasteiger partial charge >= 0.3 is 5.97 Å². The Balaban J connectivity index is 1.94. The summed E-state index contributed by atoms with van der Waals surface area (Å²) >= 11 is 5.73. The molecular weight excluding hydrogens is 356 g/mol. The van der Waals surface area contributed by atoms with Crippen LogP contribution < -0.4 is 5.32 Å². The summed E-state index contributed by atoms with van der Waals surface area (Å²) in [5, 5.41) is 12.2. The van der Waals surface area contributed by atoms with Crippen LogP contribution in [-0.4, -0.2) is 23.6 Å². The van der Waals surface area contributed by atoms with E-state index in [0.29, 0.717) is 6.07 Å². The van der Waals surface area contributed by atoms with Gasteiger partial charge in [0, 0.05) is 16.7 Å². The van der Waals surface area contributed by atoms with Crippen LogP contribution in [0.1, 0.15) is 28.9 Å². The highest BCUT2D eigenvalue weighted by Gasteiger charge is 2.18. The highest BCUT2D eigenvalue weighted by molar-refractivity contribution is 6.31. The number of phenols is 1. The zero-order valence-corrected chi connectivity index (χ0v) is 13.8. The van der Waals surface area contributed by atoms with Gasteiger partial charge < -0.3 is 15.2 Å². The van der Waals surface area contributed by atoms with Crippen LogP contribution in [0.4, 0.5) is 8.78 Å². The van der Waals surface area contributed by atoms with Crippen LogP contribution in [0, 0.1) is 11.6 Å². The van der Waals surface area contributed by atoms with Crippen molar-refractivity contribution < 1.29 is 28.2 Å². The number of amides is 1. The highest BCUT2D eigenvalue weighted by atomic mass is 35.5. The molecule has 132 valence electrons. The molecule has 0 saturated carbocycles. The molecule has 0 aliphatic rings. The fraction of sp³-hybridized carbons (Fsp3) is 0.176. The van der Waals surface area contributed by atoms with Gasteiger partial charge in [-0.25, -0.2) is 13.6 Å². The van der Waals surface area contributed by atoms with Crippen molar-refractivity contribution in [3.63, 3.8) is 0 Å². The summed E-state index contributed by atoms with van der Waals surface area (Å²) < 4.78 is 31.3. The molecule has 0 radical (unpaired) electrons. The number of halogens is 3. The fourth-order valence-electron chi connectivity index (χ4n) is 2.09. The summed E-state index contributed by atoms with van der Waals surface area (Å²) in [5.41, 5.74) is -0.0912. The van der Waals surface area contributed by atoms with E-state index >= 15 is 0 Å². The highest BCUT2D eigenvalue weighted by Crippen LogP contribution is 2.22. The third-order valence-electron chi connectivity index (χ3n) is 3.32. The average molecular weight is 370 g/mol. The minimum Gasteiger partial charge on any atom is -0.507 e. The number of rotatable bonds is 5. The molecule has 5 nitrogen and oxygen atoms in total. The van der Waals surface area contributed by atoms with Crippen molar-refractivity contribution in [3.8, 4) is 5.75 Å². The second-order valence-corrected chi connectivity index (χ2v) is 5.63. The Kier molecular flexibility index (Phi) is 5.93. The van der Waals surface area contributed by atoms with Gasteiger partial charge in [0.1, 0.15) is 22.9 Å². The zero-order valence-electron chi connectivity index (χ0n) is 13.1. The van der Waals surface area contributed by atoms with Crippen molar-refractivity contribution >= 4 is 23.5 Å². The number of carbonyl (C=O) groups excluding carboxylic acids is 2. The van der Waals surface area contributed by atoms with Crippen LogP contribution in [0.15, 0.2) is 36.4 Å². The number of ether oxygens (including phenoxy) is 1. The van der Waals surface area contributed by atoms with Crippen LogP contribution in [0.2, 0.25) is 5.02 Å². The summed E-state index contributed by atoms with van der Waals surface area (Å²) in [4.78, 5) is 23.7. The molecule has 0 fully saturated rings. The van der Waals surface area contributed by atoms with Gasteiger partial charge in [0.2, 0.25) is 0 Å². The quantitative estimate of drug-likeness (QED) is 0.792. The normalized spacial score (nSPS) is 11.7. The lowest BCUT2D eigenvalue weighted by atomic mass is 10.1. The molecule has 0 heterocycles. The molecule has 0 spiro atoms. The van der Waals surface area contributed by atoms with Gasteiger partial charge in [-0.05, 0) is 31.2 Å². The molecular formula is C17H14ClF2NO4. The van der Waals surface area contributed by atoms with Crippen LogP contribution in [-0.2, 0) is 9.53 Å². The molecule has 0 saturated heterocycles. The molecule has 25 heavy (non-hydrogen) atoms. The number of esters is 1. The van der Waals surface area contributed by atoms with Crippen LogP contribution in [0.25, 0.3) is 0 Å². The Morgan fingerprint density at radius 3 is 2.64 bits per heavy atom. The summed E-state index contributed by atoms with van der Waals surface area (Å²) in [6.45, 7) is 0.858. The zero-order chi connectivity index (χ0) is 18.6. The van der Waals surface area contributed by atoms with E-state index in [-0.39, 0.29) is 21.9 Å². The van der Waals surface area contributed by atoms with Gasteiger partial charge in [0.15, 0.2) is 6.61 Å². The molecule has 2 aromatic rings. The van der Waals surface area contributed by atoms with E-state index in [0.717, 1.165) is 6.07 Å². The molecule has 0 aliphatic heterocycles. The van der Waals surface area contributed by atoms with Crippen LogP contribution in [0.5, 0.6) is 5.75 Å². The topological polar surface area (TPSA) is 75.6 Å². The average Bonchev–Trinajstić information content (AvgIpc) is 2.54. The maximum absolute atomic E-state index is 13.7. The van der Waals surface area contributed by atoms with Crippen molar-refractivity contribution in [2.24, 2.45) is 0 Å². The SMILES string of the molecule is C[C@H](NC(=O)COC(=O)c1cc(Cl)ccc1O)c1ccc(F)cc1F. The monoisotopic (exact) mass is 369 g/mol. The Morgan fingerprint density at radius 1 is 1.24 bits per heavy atom.